The Kier molecular flexibility index (Phi) is 11.4. The van der Waals surface area contributed by atoms with E-state index in [0.717, 1.165) is 25.0 Å². The molecule has 35 heavy (non-hydrogen) atoms. The number of thioether (sulfide) groups is 1. The molecule has 0 radical (unpaired) electrons. The highest BCUT2D eigenvalue weighted by Gasteiger charge is 2.55. The maximum atomic E-state index is 13.2. The number of ether oxygens (including phenoxy) is 4. The van der Waals surface area contributed by atoms with E-state index < -0.39 is 69.9 Å². The first-order chi connectivity index (χ1) is 16.3. The van der Waals surface area contributed by atoms with Gasteiger partial charge in [0.25, 0.3) is 0 Å². The summed E-state index contributed by atoms with van der Waals surface area (Å²) in [6.07, 6.45) is 2.91. The summed E-state index contributed by atoms with van der Waals surface area (Å²) in [6.45, 7) is 11.3. The van der Waals surface area contributed by atoms with Crippen molar-refractivity contribution in [2.24, 2.45) is 5.92 Å². The maximum absolute atomic E-state index is 13.2. The minimum atomic E-state index is -1.47. The van der Waals surface area contributed by atoms with Gasteiger partial charge in [0, 0.05) is 32.1 Å². The number of nitrogens with one attached hydrogen (secondary N) is 1. The van der Waals surface area contributed by atoms with Gasteiger partial charge in [-0.2, -0.15) is 0 Å². The van der Waals surface area contributed by atoms with Gasteiger partial charge in [0.2, 0.25) is 0 Å². The van der Waals surface area contributed by atoms with Crippen molar-refractivity contribution in [3.63, 3.8) is 0 Å². The van der Waals surface area contributed by atoms with Crippen LogP contribution < -0.4 is 4.72 Å². The number of hydrogen-bond donors (Lipinski definition) is 1. The lowest BCUT2D eigenvalue weighted by atomic mass is 9.88. The average Bonchev–Trinajstić information content (AvgIpc) is 2.72. The van der Waals surface area contributed by atoms with Crippen LogP contribution in [0.1, 0.15) is 67.7 Å². The highest BCUT2D eigenvalue weighted by molar-refractivity contribution is 7.99. The van der Waals surface area contributed by atoms with Crippen molar-refractivity contribution in [2.75, 3.05) is 5.75 Å². The lowest BCUT2D eigenvalue weighted by Crippen LogP contribution is -2.66. The molecule has 8 atom stereocenters. The quantitative estimate of drug-likeness (QED) is 0.244. The molecule has 1 fully saturated rings. The Morgan fingerprint density at radius 3 is 2.14 bits per heavy atom. The van der Waals surface area contributed by atoms with Gasteiger partial charge in [-0.25, -0.2) is 0 Å². The second-order valence-electron chi connectivity index (χ2n) is 9.87. The van der Waals surface area contributed by atoms with Gasteiger partial charge in [0.15, 0.2) is 18.3 Å². The van der Waals surface area contributed by atoms with E-state index in [1.54, 1.807) is 0 Å². The number of carbonyl (C=O) groups is 3. The molecular formula is C24H39NO8S2. The number of esters is 3. The third kappa shape index (κ3) is 8.96. The summed E-state index contributed by atoms with van der Waals surface area (Å²) in [4.78, 5) is 36.2. The van der Waals surface area contributed by atoms with Crippen LogP contribution in [0.25, 0.3) is 0 Å². The SMILES string of the molecule is CC(=O)O[C@@H]1[C@H](OC(C)=O)[C@@H](OC(C)=O)[C@@H]2O[C@@H]1[C@H](N[S+]([O-])C(C)(C)C)[C@H](C)C=CCCCCS2. The van der Waals surface area contributed by atoms with E-state index in [4.69, 9.17) is 18.9 Å². The van der Waals surface area contributed by atoms with Gasteiger partial charge >= 0.3 is 17.9 Å². The van der Waals surface area contributed by atoms with Crippen molar-refractivity contribution in [1.29, 1.82) is 0 Å². The zero-order valence-electron chi connectivity index (χ0n) is 21.6. The number of hydrogen-bond acceptors (Lipinski definition) is 10. The van der Waals surface area contributed by atoms with E-state index in [9.17, 15) is 18.9 Å². The van der Waals surface area contributed by atoms with Gasteiger partial charge < -0.3 is 23.5 Å². The Morgan fingerprint density at radius 2 is 1.57 bits per heavy atom. The summed E-state index contributed by atoms with van der Waals surface area (Å²) in [5.41, 5.74) is -0.678. The molecule has 0 aliphatic carbocycles. The normalized spacial score (nSPS) is 33.0. The van der Waals surface area contributed by atoms with Crippen LogP contribution in [-0.2, 0) is 44.7 Å². The Balaban J connectivity index is 2.61. The van der Waals surface area contributed by atoms with Crippen LogP contribution >= 0.6 is 11.8 Å². The van der Waals surface area contributed by atoms with Crippen LogP contribution in [0.5, 0.6) is 0 Å². The smallest absolute Gasteiger partial charge is 0.303 e. The molecule has 1 unspecified atom stereocenters. The molecule has 2 bridgehead atoms. The lowest BCUT2D eigenvalue weighted by molar-refractivity contribution is -0.236. The molecule has 0 saturated carbocycles. The molecule has 200 valence electrons. The molecule has 0 amide bonds. The summed E-state index contributed by atoms with van der Waals surface area (Å²) < 4.78 is 39.1. The predicted octanol–water partition coefficient (Wildman–Crippen LogP) is 3.04. The van der Waals surface area contributed by atoms with E-state index in [2.05, 4.69) is 10.8 Å². The number of allylic oxidation sites excluding steroid dienone is 1. The van der Waals surface area contributed by atoms with Gasteiger partial charge in [-0.15, -0.1) is 16.5 Å². The van der Waals surface area contributed by atoms with Crippen molar-refractivity contribution < 1.29 is 37.9 Å². The zero-order valence-corrected chi connectivity index (χ0v) is 23.2. The van der Waals surface area contributed by atoms with Crippen molar-refractivity contribution >= 4 is 41.0 Å². The fraction of sp³-hybridized carbons (Fsp3) is 0.792. The van der Waals surface area contributed by atoms with E-state index in [-0.39, 0.29) is 5.92 Å². The number of rotatable bonds is 5. The first-order valence-corrected chi connectivity index (χ1v) is 14.1. The van der Waals surface area contributed by atoms with E-state index in [0.29, 0.717) is 0 Å². The molecule has 11 heteroatoms. The second-order valence-corrected chi connectivity index (χ2v) is 13.1. The van der Waals surface area contributed by atoms with Gasteiger partial charge in [0.05, 0.1) is 6.04 Å². The van der Waals surface area contributed by atoms with Crippen molar-refractivity contribution in [3.8, 4) is 0 Å². The van der Waals surface area contributed by atoms with Crippen LogP contribution in [0.2, 0.25) is 0 Å². The Hall–Kier alpha value is -1.27. The molecule has 1 saturated heterocycles. The van der Waals surface area contributed by atoms with E-state index >= 15 is 0 Å². The minimum Gasteiger partial charge on any atom is -0.598 e. The average molecular weight is 534 g/mol. The maximum Gasteiger partial charge on any atom is 0.303 e. The lowest BCUT2D eigenvalue weighted by Gasteiger charge is -2.47. The molecule has 0 spiro atoms. The zero-order chi connectivity index (χ0) is 26.3. The monoisotopic (exact) mass is 533 g/mol. The molecule has 0 aromatic heterocycles. The summed E-state index contributed by atoms with van der Waals surface area (Å²) in [5.74, 6) is -1.21. The molecule has 2 aliphatic heterocycles. The Morgan fingerprint density at radius 1 is 1.00 bits per heavy atom. The highest BCUT2D eigenvalue weighted by Crippen LogP contribution is 2.37. The fourth-order valence-corrected chi connectivity index (χ4v) is 6.16. The largest absolute Gasteiger partial charge is 0.598 e. The molecule has 0 aromatic carbocycles. The van der Waals surface area contributed by atoms with Gasteiger partial charge in [-0.3, -0.25) is 14.4 Å². The van der Waals surface area contributed by atoms with Gasteiger partial charge in [-0.05, 0) is 51.7 Å². The number of carbonyl (C=O) groups excluding carboxylic acids is 3. The third-order valence-corrected chi connectivity index (χ3v) is 8.47. The summed E-state index contributed by atoms with van der Waals surface area (Å²) in [5, 5.41) is 0. The second kappa shape index (κ2) is 13.3. The molecule has 2 aliphatic rings. The van der Waals surface area contributed by atoms with Gasteiger partial charge in [-0.1, -0.05) is 19.1 Å². The summed E-state index contributed by atoms with van der Waals surface area (Å²) in [7, 11) is 0. The van der Waals surface area contributed by atoms with E-state index in [1.807, 2.05) is 33.8 Å². The standard InChI is InChI=1S/C24H39NO8S2/c1-14-12-10-8-9-11-13-34-23-22(32-17(4)28)21(31-16(3)27)20(30-15(2)26)19(33-23)18(14)25-35(29)24(5,6)7/h10,12,14,18-23,25H,8-9,11,13H2,1-7H3/t14-,18-,19-,20+,21+,22-,23-,35?/m1/s1. The summed E-state index contributed by atoms with van der Waals surface area (Å²) in [6, 6.07) is -0.561. The van der Waals surface area contributed by atoms with Crippen molar-refractivity contribution in [3.05, 3.63) is 12.2 Å². The topological polar surface area (TPSA) is 123 Å². The van der Waals surface area contributed by atoms with Gasteiger partial charge in [0.1, 0.15) is 16.3 Å². The molecule has 2 rings (SSSR count). The first kappa shape index (κ1) is 30.0. The molecular weight excluding hydrogens is 494 g/mol. The minimum absolute atomic E-state index is 0.169. The molecule has 9 nitrogen and oxygen atoms in total. The molecule has 2 heterocycles. The van der Waals surface area contributed by atoms with Crippen LogP contribution in [0.4, 0.5) is 0 Å². The Labute approximate surface area is 215 Å². The number of fused-ring (bicyclic) bond motifs is 2. The van der Waals surface area contributed by atoms with Crippen molar-refractivity contribution in [1.82, 2.24) is 4.72 Å². The van der Waals surface area contributed by atoms with E-state index in [1.165, 1.54) is 32.5 Å². The van der Waals surface area contributed by atoms with Crippen LogP contribution in [-0.4, -0.2) is 68.9 Å². The first-order valence-electron chi connectivity index (χ1n) is 11.9. The van der Waals surface area contributed by atoms with Crippen LogP contribution in [0.3, 0.4) is 0 Å². The van der Waals surface area contributed by atoms with Crippen LogP contribution in [0.15, 0.2) is 12.2 Å². The Bertz CT molecular complexity index is 771. The fourth-order valence-electron chi connectivity index (χ4n) is 4.00. The highest BCUT2D eigenvalue weighted by atomic mass is 32.2. The third-order valence-electron chi connectivity index (χ3n) is 5.64. The molecule has 1 N–H and O–H groups in total. The molecule has 0 aromatic rings. The summed E-state index contributed by atoms with van der Waals surface area (Å²) >= 11 is -0.00634. The predicted molar refractivity (Wildman–Crippen MR) is 135 cm³/mol. The van der Waals surface area contributed by atoms with Crippen LogP contribution in [0, 0.1) is 5.92 Å². The van der Waals surface area contributed by atoms with Crippen molar-refractivity contribution in [2.45, 2.75) is 108 Å².